The molecule has 0 atom stereocenters. The normalized spacial score (nSPS) is 15.5. The third kappa shape index (κ3) is 2.88. The van der Waals surface area contributed by atoms with Crippen LogP contribution in [-0.2, 0) is 0 Å². The fourth-order valence-corrected chi connectivity index (χ4v) is 1.42. The molecule has 0 amide bonds. The van der Waals surface area contributed by atoms with E-state index in [0.717, 1.165) is 11.5 Å². The van der Waals surface area contributed by atoms with Gasteiger partial charge in [0.1, 0.15) is 11.5 Å². The van der Waals surface area contributed by atoms with Gasteiger partial charge in [0.2, 0.25) is 0 Å². The molecular weight excluding hydrogens is 188 g/mol. The standard InChI is InChI=1S/C13H18O2/c1-9(2)14-12-5-4-10(3)13(8-12)15-11-6-7-11/h4-5,8-9,11H,6-7H2,1-3H3. The van der Waals surface area contributed by atoms with Crippen LogP contribution in [0.2, 0.25) is 0 Å². The molecule has 0 saturated heterocycles. The molecule has 0 aliphatic heterocycles. The van der Waals surface area contributed by atoms with Crippen molar-refractivity contribution < 1.29 is 9.47 Å². The molecule has 0 unspecified atom stereocenters. The second-order valence-electron chi connectivity index (χ2n) is 4.41. The van der Waals surface area contributed by atoms with E-state index >= 15 is 0 Å². The summed E-state index contributed by atoms with van der Waals surface area (Å²) in [6.07, 6.45) is 3.03. The fraction of sp³-hybridized carbons (Fsp3) is 0.538. The molecule has 82 valence electrons. The fourth-order valence-electron chi connectivity index (χ4n) is 1.42. The zero-order valence-corrected chi connectivity index (χ0v) is 9.62. The first-order valence-corrected chi connectivity index (χ1v) is 5.59. The predicted octanol–water partition coefficient (Wildman–Crippen LogP) is 3.32. The molecule has 0 N–H and O–H groups in total. The van der Waals surface area contributed by atoms with E-state index in [4.69, 9.17) is 9.47 Å². The van der Waals surface area contributed by atoms with E-state index in [9.17, 15) is 0 Å². The number of benzene rings is 1. The minimum Gasteiger partial charge on any atom is -0.491 e. The molecule has 1 aliphatic rings. The number of rotatable bonds is 4. The molecule has 1 saturated carbocycles. The quantitative estimate of drug-likeness (QED) is 0.752. The van der Waals surface area contributed by atoms with E-state index in [1.165, 1.54) is 18.4 Å². The molecule has 0 heterocycles. The Hall–Kier alpha value is -1.18. The van der Waals surface area contributed by atoms with Gasteiger partial charge in [0.25, 0.3) is 0 Å². The molecule has 0 radical (unpaired) electrons. The molecule has 0 bridgehead atoms. The monoisotopic (exact) mass is 206 g/mol. The molecule has 0 aromatic heterocycles. The highest BCUT2D eigenvalue weighted by Crippen LogP contribution is 2.31. The Labute approximate surface area is 91.2 Å². The molecule has 2 nitrogen and oxygen atoms in total. The lowest BCUT2D eigenvalue weighted by Crippen LogP contribution is -2.06. The van der Waals surface area contributed by atoms with Crippen LogP contribution in [0.5, 0.6) is 11.5 Å². The van der Waals surface area contributed by atoms with E-state index in [1.54, 1.807) is 0 Å². The van der Waals surface area contributed by atoms with Crippen LogP contribution < -0.4 is 9.47 Å². The summed E-state index contributed by atoms with van der Waals surface area (Å²) < 4.78 is 11.4. The molecule has 1 aromatic carbocycles. The van der Waals surface area contributed by atoms with Gasteiger partial charge in [-0.05, 0) is 45.2 Å². The van der Waals surface area contributed by atoms with Crippen molar-refractivity contribution in [3.8, 4) is 11.5 Å². The van der Waals surface area contributed by atoms with Crippen molar-refractivity contribution in [3.63, 3.8) is 0 Å². The maximum absolute atomic E-state index is 5.80. The summed E-state index contributed by atoms with van der Waals surface area (Å²) in [6, 6.07) is 6.04. The molecule has 1 fully saturated rings. The lowest BCUT2D eigenvalue weighted by atomic mass is 10.2. The minimum absolute atomic E-state index is 0.210. The van der Waals surface area contributed by atoms with Gasteiger partial charge in [-0.1, -0.05) is 6.07 Å². The average molecular weight is 206 g/mol. The van der Waals surface area contributed by atoms with Gasteiger partial charge >= 0.3 is 0 Å². The summed E-state index contributed by atoms with van der Waals surface area (Å²) in [7, 11) is 0. The van der Waals surface area contributed by atoms with E-state index in [1.807, 2.05) is 26.0 Å². The summed E-state index contributed by atoms with van der Waals surface area (Å²) in [5.74, 6) is 1.86. The minimum atomic E-state index is 0.210. The van der Waals surface area contributed by atoms with Crippen LogP contribution in [0.3, 0.4) is 0 Å². The van der Waals surface area contributed by atoms with E-state index in [2.05, 4.69) is 13.0 Å². The Morgan fingerprint density at radius 3 is 2.60 bits per heavy atom. The van der Waals surface area contributed by atoms with Gasteiger partial charge in [-0.2, -0.15) is 0 Å². The first-order chi connectivity index (χ1) is 7.15. The van der Waals surface area contributed by atoms with Crippen molar-refractivity contribution in [1.82, 2.24) is 0 Å². The second kappa shape index (κ2) is 4.13. The summed E-state index contributed by atoms with van der Waals surface area (Å²) in [4.78, 5) is 0. The Balaban J connectivity index is 2.12. The number of hydrogen-bond donors (Lipinski definition) is 0. The summed E-state index contributed by atoms with van der Waals surface area (Å²) in [5.41, 5.74) is 1.18. The van der Waals surface area contributed by atoms with E-state index in [0.29, 0.717) is 6.10 Å². The highest BCUT2D eigenvalue weighted by Gasteiger charge is 2.24. The zero-order valence-electron chi connectivity index (χ0n) is 9.62. The summed E-state index contributed by atoms with van der Waals surface area (Å²) in [5, 5.41) is 0. The summed E-state index contributed by atoms with van der Waals surface area (Å²) in [6.45, 7) is 6.12. The lowest BCUT2D eigenvalue weighted by Gasteiger charge is -2.13. The lowest BCUT2D eigenvalue weighted by molar-refractivity contribution is 0.239. The molecule has 0 spiro atoms. The Morgan fingerprint density at radius 1 is 1.27 bits per heavy atom. The highest BCUT2D eigenvalue weighted by molar-refractivity contribution is 5.40. The molecule has 15 heavy (non-hydrogen) atoms. The Kier molecular flexibility index (Phi) is 2.85. The first-order valence-electron chi connectivity index (χ1n) is 5.59. The van der Waals surface area contributed by atoms with Crippen LogP contribution in [0.4, 0.5) is 0 Å². The van der Waals surface area contributed by atoms with Gasteiger partial charge in [-0.25, -0.2) is 0 Å². The zero-order chi connectivity index (χ0) is 10.8. The van der Waals surface area contributed by atoms with Crippen molar-refractivity contribution in [2.45, 2.75) is 45.8 Å². The van der Waals surface area contributed by atoms with Gasteiger partial charge in [0.15, 0.2) is 0 Å². The van der Waals surface area contributed by atoms with Crippen molar-refractivity contribution in [3.05, 3.63) is 23.8 Å². The van der Waals surface area contributed by atoms with Crippen LogP contribution >= 0.6 is 0 Å². The molecule has 2 heteroatoms. The van der Waals surface area contributed by atoms with Crippen molar-refractivity contribution in [2.24, 2.45) is 0 Å². The van der Waals surface area contributed by atoms with Gasteiger partial charge in [0, 0.05) is 6.07 Å². The van der Waals surface area contributed by atoms with Crippen LogP contribution in [0, 0.1) is 6.92 Å². The average Bonchev–Trinajstić information content (AvgIpc) is 2.94. The number of ether oxygens (including phenoxy) is 2. The van der Waals surface area contributed by atoms with Crippen molar-refractivity contribution >= 4 is 0 Å². The molecule has 1 aromatic rings. The molecular formula is C13H18O2. The van der Waals surface area contributed by atoms with Crippen molar-refractivity contribution in [2.75, 3.05) is 0 Å². The largest absolute Gasteiger partial charge is 0.491 e. The van der Waals surface area contributed by atoms with Gasteiger partial charge in [0.05, 0.1) is 12.2 Å². The topological polar surface area (TPSA) is 18.5 Å². The smallest absolute Gasteiger partial charge is 0.126 e. The van der Waals surface area contributed by atoms with Gasteiger partial charge in [-0.3, -0.25) is 0 Å². The molecule has 1 aliphatic carbocycles. The van der Waals surface area contributed by atoms with Crippen LogP contribution in [-0.4, -0.2) is 12.2 Å². The maximum Gasteiger partial charge on any atom is 0.126 e. The number of aryl methyl sites for hydroxylation is 1. The Morgan fingerprint density at radius 2 is 2.00 bits per heavy atom. The highest BCUT2D eigenvalue weighted by atomic mass is 16.5. The van der Waals surface area contributed by atoms with Crippen LogP contribution in [0.1, 0.15) is 32.3 Å². The van der Waals surface area contributed by atoms with Crippen molar-refractivity contribution in [1.29, 1.82) is 0 Å². The van der Waals surface area contributed by atoms with E-state index < -0.39 is 0 Å². The van der Waals surface area contributed by atoms with Crippen LogP contribution in [0.25, 0.3) is 0 Å². The van der Waals surface area contributed by atoms with Gasteiger partial charge in [-0.15, -0.1) is 0 Å². The van der Waals surface area contributed by atoms with Gasteiger partial charge < -0.3 is 9.47 Å². The third-order valence-electron chi connectivity index (χ3n) is 2.35. The van der Waals surface area contributed by atoms with E-state index in [-0.39, 0.29) is 6.10 Å². The second-order valence-corrected chi connectivity index (χ2v) is 4.41. The van der Waals surface area contributed by atoms with Crippen LogP contribution in [0.15, 0.2) is 18.2 Å². The SMILES string of the molecule is Cc1ccc(OC(C)C)cc1OC1CC1. The predicted molar refractivity (Wildman–Crippen MR) is 60.6 cm³/mol. The molecule has 2 rings (SSSR count). The maximum atomic E-state index is 5.80. The summed E-state index contributed by atoms with van der Waals surface area (Å²) >= 11 is 0. The first kappa shape index (κ1) is 10.3. The number of hydrogen-bond acceptors (Lipinski definition) is 2. The Bertz CT molecular complexity index is 340. The third-order valence-corrected chi connectivity index (χ3v) is 2.35.